The molecule has 7 nitrogen and oxygen atoms in total. The van der Waals surface area contributed by atoms with Crippen LogP contribution in [0.4, 0.5) is 5.69 Å². The minimum Gasteiger partial charge on any atom is -0.459 e. The van der Waals surface area contributed by atoms with E-state index in [-0.39, 0.29) is 18.9 Å². The number of ether oxygens (including phenoxy) is 1. The Kier molecular flexibility index (Phi) is 14.5. The van der Waals surface area contributed by atoms with Gasteiger partial charge in [0.15, 0.2) is 0 Å². The number of anilines is 1. The van der Waals surface area contributed by atoms with E-state index in [1.54, 1.807) is 6.07 Å². The second-order valence-electron chi connectivity index (χ2n) is 9.47. The Balaban J connectivity index is 0.000000260. The zero-order valence-corrected chi connectivity index (χ0v) is 23.0. The molecule has 206 valence electrons. The lowest BCUT2D eigenvalue weighted by Gasteiger charge is -2.15. The van der Waals surface area contributed by atoms with E-state index in [4.69, 9.17) is 14.9 Å². The SMILES string of the molecule is CCCCCCc1ccc(N2CCCC2=O)cc1.CCCc1ccc(C(=O)OCC(O)CC(O)CO)s1. The molecule has 1 aromatic carbocycles. The summed E-state index contributed by atoms with van der Waals surface area (Å²) in [4.78, 5) is 26.9. The molecule has 1 aliphatic heterocycles. The number of hydrogen-bond acceptors (Lipinski definition) is 7. The highest BCUT2D eigenvalue weighted by Crippen LogP contribution is 2.22. The van der Waals surface area contributed by atoms with Crippen molar-refractivity contribution in [2.45, 2.75) is 90.3 Å². The van der Waals surface area contributed by atoms with Gasteiger partial charge in [0.2, 0.25) is 5.91 Å². The van der Waals surface area contributed by atoms with Crippen LogP contribution in [0.25, 0.3) is 0 Å². The van der Waals surface area contributed by atoms with Crippen LogP contribution in [0.2, 0.25) is 0 Å². The zero-order chi connectivity index (χ0) is 27.0. The summed E-state index contributed by atoms with van der Waals surface area (Å²) < 4.78 is 4.96. The average molecular weight is 534 g/mol. The third-order valence-electron chi connectivity index (χ3n) is 6.16. The summed E-state index contributed by atoms with van der Waals surface area (Å²) in [5.74, 6) is -0.199. The first-order valence-corrected chi connectivity index (χ1v) is 14.3. The number of unbranched alkanes of at least 4 members (excludes halogenated alkanes) is 3. The Hall–Kier alpha value is -2.26. The van der Waals surface area contributed by atoms with Crippen LogP contribution in [0.3, 0.4) is 0 Å². The molecule has 37 heavy (non-hydrogen) atoms. The quantitative estimate of drug-likeness (QED) is 0.236. The summed E-state index contributed by atoms with van der Waals surface area (Å²) in [6, 6.07) is 12.2. The molecule has 1 amide bonds. The van der Waals surface area contributed by atoms with E-state index in [9.17, 15) is 14.7 Å². The molecule has 1 fully saturated rings. The lowest BCUT2D eigenvalue weighted by atomic mass is 10.1. The van der Waals surface area contributed by atoms with E-state index in [0.29, 0.717) is 11.3 Å². The molecule has 2 unspecified atom stereocenters. The fourth-order valence-electron chi connectivity index (χ4n) is 4.09. The second-order valence-corrected chi connectivity index (χ2v) is 10.6. The summed E-state index contributed by atoms with van der Waals surface area (Å²) in [7, 11) is 0. The third kappa shape index (κ3) is 11.3. The second kappa shape index (κ2) is 17.3. The number of benzene rings is 1. The number of thiophene rings is 1. The summed E-state index contributed by atoms with van der Waals surface area (Å²) in [5.41, 5.74) is 2.45. The van der Waals surface area contributed by atoms with Gasteiger partial charge in [-0.15, -0.1) is 11.3 Å². The fourth-order valence-corrected chi connectivity index (χ4v) is 5.09. The molecule has 2 heterocycles. The van der Waals surface area contributed by atoms with Crippen LogP contribution in [-0.4, -0.2) is 59.2 Å². The van der Waals surface area contributed by atoms with Crippen LogP contribution in [0, 0.1) is 0 Å². The normalized spacial score (nSPS) is 14.7. The van der Waals surface area contributed by atoms with Crippen molar-refractivity contribution in [3.8, 4) is 0 Å². The van der Waals surface area contributed by atoms with Crippen LogP contribution in [0.15, 0.2) is 36.4 Å². The van der Waals surface area contributed by atoms with Crippen LogP contribution in [-0.2, 0) is 22.4 Å². The Bertz CT molecular complexity index is 929. The zero-order valence-electron chi connectivity index (χ0n) is 22.2. The lowest BCUT2D eigenvalue weighted by molar-refractivity contribution is -0.117. The van der Waals surface area contributed by atoms with Gasteiger partial charge >= 0.3 is 5.97 Å². The number of aliphatic hydroxyl groups is 3. The Labute approximate surface area is 225 Å². The van der Waals surface area contributed by atoms with E-state index >= 15 is 0 Å². The molecule has 3 rings (SSSR count). The van der Waals surface area contributed by atoms with Crippen LogP contribution >= 0.6 is 11.3 Å². The van der Waals surface area contributed by atoms with E-state index < -0.39 is 24.8 Å². The van der Waals surface area contributed by atoms with Crippen LogP contribution in [0.5, 0.6) is 0 Å². The molecule has 1 aliphatic rings. The number of amides is 1. The van der Waals surface area contributed by atoms with Crippen molar-refractivity contribution in [1.82, 2.24) is 0 Å². The number of hydrogen-bond donors (Lipinski definition) is 3. The highest BCUT2D eigenvalue weighted by Gasteiger charge is 2.21. The summed E-state index contributed by atoms with van der Waals surface area (Å²) in [6.07, 6.45) is 8.05. The topological polar surface area (TPSA) is 107 Å². The number of rotatable bonds is 14. The van der Waals surface area contributed by atoms with Crippen molar-refractivity contribution < 1.29 is 29.6 Å². The number of carbonyl (C=O) groups excluding carboxylic acids is 2. The predicted octanol–water partition coefficient (Wildman–Crippen LogP) is 4.90. The summed E-state index contributed by atoms with van der Waals surface area (Å²) in [6.45, 7) is 4.59. The maximum absolute atomic E-state index is 11.7. The van der Waals surface area contributed by atoms with Gasteiger partial charge in [-0.2, -0.15) is 0 Å². The first-order valence-electron chi connectivity index (χ1n) is 13.5. The minimum absolute atomic E-state index is 0.0185. The van der Waals surface area contributed by atoms with Crippen LogP contribution in [0.1, 0.15) is 85.3 Å². The number of carbonyl (C=O) groups is 2. The van der Waals surface area contributed by atoms with Gasteiger partial charge in [0.25, 0.3) is 0 Å². The fraction of sp³-hybridized carbons (Fsp3) is 0.586. The monoisotopic (exact) mass is 533 g/mol. The van der Waals surface area contributed by atoms with Crippen molar-refractivity contribution in [1.29, 1.82) is 0 Å². The molecule has 8 heteroatoms. The van der Waals surface area contributed by atoms with Gasteiger partial charge in [-0.25, -0.2) is 4.79 Å². The smallest absolute Gasteiger partial charge is 0.348 e. The largest absolute Gasteiger partial charge is 0.459 e. The van der Waals surface area contributed by atoms with Crippen molar-refractivity contribution >= 4 is 28.9 Å². The molecule has 2 atom stereocenters. The molecule has 2 aromatic rings. The third-order valence-corrected chi connectivity index (χ3v) is 7.29. The van der Waals surface area contributed by atoms with Crippen LogP contribution < -0.4 is 4.90 Å². The first-order chi connectivity index (χ1) is 17.9. The molecule has 0 saturated carbocycles. The Morgan fingerprint density at radius 3 is 2.38 bits per heavy atom. The Morgan fingerprint density at radius 1 is 1.00 bits per heavy atom. The van der Waals surface area contributed by atoms with E-state index in [0.717, 1.165) is 42.8 Å². The van der Waals surface area contributed by atoms with Gasteiger partial charge in [-0.1, -0.05) is 51.7 Å². The van der Waals surface area contributed by atoms with Gasteiger partial charge in [0, 0.05) is 30.0 Å². The van der Waals surface area contributed by atoms with Crippen molar-refractivity contribution in [3.05, 3.63) is 51.7 Å². The molecule has 1 aromatic heterocycles. The van der Waals surface area contributed by atoms with Gasteiger partial charge in [-0.3, -0.25) is 4.79 Å². The molecule has 0 aliphatic carbocycles. The molecular weight excluding hydrogens is 490 g/mol. The predicted molar refractivity (Wildman–Crippen MR) is 148 cm³/mol. The van der Waals surface area contributed by atoms with E-state index in [2.05, 4.69) is 38.1 Å². The molecular formula is C29H43NO6S. The molecule has 0 radical (unpaired) electrons. The Morgan fingerprint density at radius 2 is 1.76 bits per heavy atom. The number of esters is 1. The maximum atomic E-state index is 11.7. The van der Waals surface area contributed by atoms with Gasteiger partial charge in [0.1, 0.15) is 11.5 Å². The van der Waals surface area contributed by atoms with Gasteiger partial charge in [-0.05, 0) is 55.5 Å². The number of aliphatic hydroxyl groups excluding tert-OH is 3. The summed E-state index contributed by atoms with van der Waals surface area (Å²) in [5, 5.41) is 27.2. The molecule has 3 N–H and O–H groups in total. The van der Waals surface area contributed by atoms with E-state index in [1.807, 2.05) is 11.0 Å². The molecule has 0 bridgehead atoms. The molecule has 0 spiro atoms. The van der Waals surface area contributed by atoms with E-state index in [1.165, 1.54) is 42.6 Å². The van der Waals surface area contributed by atoms with Crippen molar-refractivity contribution in [2.75, 3.05) is 24.7 Å². The lowest BCUT2D eigenvalue weighted by Crippen LogP contribution is -2.25. The maximum Gasteiger partial charge on any atom is 0.348 e. The van der Waals surface area contributed by atoms with Gasteiger partial charge in [0.05, 0.1) is 18.8 Å². The average Bonchev–Trinajstić information content (AvgIpc) is 3.55. The van der Waals surface area contributed by atoms with Crippen molar-refractivity contribution in [2.24, 2.45) is 0 Å². The molecule has 1 saturated heterocycles. The number of aryl methyl sites for hydroxylation is 2. The van der Waals surface area contributed by atoms with Crippen molar-refractivity contribution in [3.63, 3.8) is 0 Å². The highest BCUT2D eigenvalue weighted by molar-refractivity contribution is 7.13. The minimum atomic E-state index is -0.994. The number of nitrogens with zero attached hydrogens (tertiary/aromatic N) is 1. The first kappa shape index (κ1) is 31.0. The standard InChI is InChI=1S/C16H23NO.C13H20O5S/c1-2-3-4-5-7-14-9-11-15(12-10-14)17-13-6-8-16(17)18;1-2-3-11-4-5-12(19-11)13(17)18-8-10(16)6-9(15)7-14/h9-12H,2-8,13H2,1H3;4-5,9-10,14-16H,2-3,6-8H2,1H3. The van der Waals surface area contributed by atoms with Gasteiger partial charge < -0.3 is 25.0 Å². The summed E-state index contributed by atoms with van der Waals surface area (Å²) >= 11 is 1.39. The highest BCUT2D eigenvalue weighted by atomic mass is 32.1.